The lowest BCUT2D eigenvalue weighted by molar-refractivity contribution is -0.117. The molecule has 1 saturated carbocycles. The first-order valence-corrected chi connectivity index (χ1v) is 11.1. The molecule has 0 bridgehead atoms. The van der Waals surface area contributed by atoms with Gasteiger partial charge in [0.2, 0.25) is 15.9 Å². The zero-order chi connectivity index (χ0) is 20.0. The third-order valence-corrected chi connectivity index (χ3v) is 6.73. The van der Waals surface area contributed by atoms with E-state index in [9.17, 15) is 13.2 Å². The number of aromatic nitrogens is 4. The number of amides is 1. The van der Waals surface area contributed by atoms with Crippen LogP contribution >= 0.6 is 11.6 Å². The third-order valence-electron chi connectivity index (χ3n) is 5.01. The van der Waals surface area contributed by atoms with Gasteiger partial charge in [0.15, 0.2) is 0 Å². The van der Waals surface area contributed by atoms with E-state index in [0.29, 0.717) is 29.8 Å². The van der Waals surface area contributed by atoms with Gasteiger partial charge in [0.25, 0.3) is 5.95 Å². The smallest absolute Gasteiger partial charge is 0.269 e. The molecule has 28 heavy (non-hydrogen) atoms. The van der Waals surface area contributed by atoms with E-state index in [2.05, 4.69) is 30.7 Å². The number of halogens is 1. The number of nitrogens with one attached hydrogen (secondary N) is 3. The third kappa shape index (κ3) is 5.98. The summed E-state index contributed by atoms with van der Waals surface area (Å²) >= 11 is 5.80. The maximum absolute atomic E-state index is 12.3. The van der Waals surface area contributed by atoms with E-state index in [-0.39, 0.29) is 16.8 Å². The van der Waals surface area contributed by atoms with Crippen LogP contribution in [0, 0.1) is 11.8 Å². The van der Waals surface area contributed by atoms with Crippen LogP contribution in [0.15, 0.2) is 29.2 Å². The van der Waals surface area contributed by atoms with Crippen molar-refractivity contribution in [1.29, 1.82) is 0 Å². The van der Waals surface area contributed by atoms with Gasteiger partial charge < -0.3 is 0 Å². The number of carbonyl (C=O) groups is 1. The fraction of sp³-hybridized carbons (Fsp3) is 0.529. The van der Waals surface area contributed by atoms with Gasteiger partial charge in [0.05, 0.1) is 4.90 Å². The van der Waals surface area contributed by atoms with Crippen molar-refractivity contribution in [3.8, 4) is 0 Å². The summed E-state index contributed by atoms with van der Waals surface area (Å²) in [6.45, 7) is 0.401. The Morgan fingerprint density at radius 2 is 1.82 bits per heavy atom. The van der Waals surface area contributed by atoms with Crippen LogP contribution < -0.4 is 10.0 Å². The van der Waals surface area contributed by atoms with Crippen LogP contribution in [0.5, 0.6) is 0 Å². The normalized spacial score (nSPS) is 20.0. The molecular weight excluding hydrogens is 404 g/mol. The van der Waals surface area contributed by atoms with Crippen molar-refractivity contribution < 1.29 is 13.2 Å². The predicted molar refractivity (Wildman–Crippen MR) is 104 cm³/mol. The Labute approximate surface area is 168 Å². The minimum atomic E-state index is -3.51. The number of nitrogens with zero attached hydrogens (tertiary/aromatic N) is 3. The van der Waals surface area contributed by atoms with Gasteiger partial charge in [-0.1, -0.05) is 29.5 Å². The van der Waals surface area contributed by atoms with Gasteiger partial charge in [-0.2, -0.15) is 5.21 Å². The maximum atomic E-state index is 12.3. The molecule has 0 unspecified atom stereocenters. The molecule has 0 saturated heterocycles. The summed E-state index contributed by atoms with van der Waals surface area (Å²) in [5.74, 6) is 0.866. The van der Waals surface area contributed by atoms with Crippen molar-refractivity contribution in [1.82, 2.24) is 25.3 Å². The van der Waals surface area contributed by atoms with Crippen LogP contribution in [-0.4, -0.2) is 41.5 Å². The van der Waals surface area contributed by atoms with Crippen molar-refractivity contribution in [3.63, 3.8) is 0 Å². The first-order chi connectivity index (χ1) is 13.4. The molecule has 9 nitrogen and oxygen atoms in total. The standard InChI is InChI=1S/C17H23ClN6O3S/c18-14-5-7-15(8-6-14)28(26,27)19-10-9-12-1-3-13(4-2-12)11-16(25)20-17-21-23-24-22-17/h5-8,12-13,19H,1-4,9-11H2,(H2,20,21,22,23,24,25). The number of aromatic amines is 1. The average Bonchev–Trinajstić information content (AvgIpc) is 3.16. The Morgan fingerprint density at radius 1 is 1.14 bits per heavy atom. The molecule has 11 heteroatoms. The Balaban J connectivity index is 1.36. The lowest BCUT2D eigenvalue weighted by Crippen LogP contribution is -2.27. The highest BCUT2D eigenvalue weighted by Gasteiger charge is 2.24. The van der Waals surface area contributed by atoms with Crippen LogP contribution in [0.2, 0.25) is 5.02 Å². The van der Waals surface area contributed by atoms with E-state index in [0.717, 1.165) is 32.1 Å². The SMILES string of the molecule is O=C(CC1CCC(CCNS(=O)(=O)c2ccc(Cl)cc2)CC1)Nc1nn[nH]n1. The number of benzene rings is 1. The van der Waals surface area contributed by atoms with Crippen LogP contribution in [0.1, 0.15) is 38.5 Å². The number of rotatable bonds is 8. The van der Waals surface area contributed by atoms with Crippen molar-refractivity contribution in [2.75, 3.05) is 11.9 Å². The van der Waals surface area contributed by atoms with E-state index in [1.165, 1.54) is 12.1 Å². The van der Waals surface area contributed by atoms with E-state index >= 15 is 0 Å². The molecule has 0 aliphatic heterocycles. The molecule has 1 aromatic heterocycles. The van der Waals surface area contributed by atoms with Crippen LogP contribution in [0.25, 0.3) is 0 Å². The van der Waals surface area contributed by atoms with Gasteiger partial charge in [0.1, 0.15) is 0 Å². The fourth-order valence-corrected chi connectivity index (χ4v) is 4.65. The Kier molecular flexibility index (Phi) is 6.97. The topological polar surface area (TPSA) is 130 Å². The first kappa shape index (κ1) is 20.7. The molecule has 0 radical (unpaired) electrons. The lowest BCUT2D eigenvalue weighted by Gasteiger charge is -2.28. The highest BCUT2D eigenvalue weighted by molar-refractivity contribution is 7.89. The average molecular weight is 427 g/mol. The van der Waals surface area contributed by atoms with Gasteiger partial charge >= 0.3 is 0 Å². The van der Waals surface area contributed by atoms with Crippen LogP contribution in [0.4, 0.5) is 5.95 Å². The largest absolute Gasteiger partial charge is 0.292 e. The minimum Gasteiger partial charge on any atom is -0.292 e. The van der Waals surface area contributed by atoms with Gasteiger partial charge in [-0.3, -0.25) is 10.1 Å². The highest BCUT2D eigenvalue weighted by Crippen LogP contribution is 2.32. The van der Waals surface area contributed by atoms with E-state index in [1.807, 2.05) is 0 Å². The fourth-order valence-electron chi connectivity index (χ4n) is 3.47. The number of hydrogen-bond acceptors (Lipinski definition) is 6. The first-order valence-electron chi connectivity index (χ1n) is 9.21. The summed E-state index contributed by atoms with van der Waals surface area (Å²) in [5, 5.41) is 16.2. The summed E-state index contributed by atoms with van der Waals surface area (Å²) in [6.07, 6.45) is 5.10. The van der Waals surface area contributed by atoms with Gasteiger partial charge in [-0.15, -0.1) is 5.10 Å². The quantitative estimate of drug-likeness (QED) is 0.594. The molecule has 1 aliphatic carbocycles. The van der Waals surface area contributed by atoms with Crippen molar-refractivity contribution in [3.05, 3.63) is 29.3 Å². The number of carbonyl (C=O) groups excluding carboxylic acids is 1. The monoisotopic (exact) mass is 426 g/mol. The minimum absolute atomic E-state index is 0.111. The second-order valence-electron chi connectivity index (χ2n) is 7.01. The molecule has 1 fully saturated rings. The molecule has 3 rings (SSSR count). The zero-order valence-corrected chi connectivity index (χ0v) is 16.8. The molecule has 2 aromatic rings. The number of H-pyrrole nitrogens is 1. The van der Waals surface area contributed by atoms with E-state index in [4.69, 9.17) is 11.6 Å². The Hall–Kier alpha value is -2.04. The van der Waals surface area contributed by atoms with Crippen molar-refractivity contribution >= 4 is 33.5 Å². The molecule has 0 atom stereocenters. The van der Waals surface area contributed by atoms with Gasteiger partial charge in [-0.05, 0) is 60.6 Å². The maximum Gasteiger partial charge on any atom is 0.269 e. The molecule has 1 aromatic carbocycles. The molecule has 3 N–H and O–H groups in total. The Bertz CT molecular complexity index is 865. The zero-order valence-electron chi connectivity index (χ0n) is 15.3. The molecule has 1 amide bonds. The number of tetrazole rings is 1. The highest BCUT2D eigenvalue weighted by atomic mass is 35.5. The molecule has 1 aliphatic rings. The second kappa shape index (κ2) is 9.44. The molecular formula is C17H23ClN6O3S. The summed E-state index contributed by atoms with van der Waals surface area (Å²) in [5.41, 5.74) is 0. The van der Waals surface area contributed by atoms with E-state index < -0.39 is 10.0 Å². The number of hydrogen-bond donors (Lipinski definition) is 3. The molecule has 1 heterocycles. The van der Waals surface area contributed by atoms with Crippen molar-refractivity contribution in [2.24, 2.45) is 11.8 Å². The van der Waals surface area contributed by atoms with Crippen LogP contribution in [-0.2, 0) is 14.8 Å². The molecule has 0 spiro atoms. The second-order valence-corrected chi connectivity index (χ2v) is 9.22. The summed E-state index contributed by atoms with van der Waals surface area (Å²) in [4.78, 5) is 12.2. The van der Waals surface area contributed by atoms with E-state index in [1.54, 1.807) is 12.1 Å². The lowest BCUT2D eigenvalue weighted by atomic mass is 9.79. The summed E-state index contributed by atoms with van der Waals surface area (Å²) in [6, 6.07) is 6.11. The number of anilines is 1. The number of sulfonamides is 1. The summed E-state index contributed by atoms with van der Waals surface area (Å²) < 4.78 is 27.2. The van der Waals surface area contributed by atoms with Crippen molar-refractivity contribution in [2.45, 2.75) is 43.4 Å². The Morgan fingerprint density at radius 3 is 2.46 bits per heavy atom. The molecule has 152 valence electrons. The summed E-state index contributed by atoms with van der Waals surface area (Å²) in [7, 11) is -3.51. The van der Waals surface area contributed by atoms with Gasteiger partial charge in [0, 0.05) is 18.0 Å². The van der Waals surface area contributed by atoms with Gasteiger partial charge in [-0.25, -0.2) is 13.1 Å². The predicted octanol–water partition coefficient (Wildman–Crippen LogP) is 2.36. The van der Waals surface area contributed by atoms with Crippen LogP contribution in [0.3, 0.4) is 0 Å².